The van der Waals surface area contributed by atoms with Gasteiger partial charge >= 0.3 is 0 Å². The number of aromatic hydroxyl groups is 1. The average molecular weight is 561 g/mol. The van der Waals surface area contributed by atoms with Crippen molar-refractivity contribution < 1.29 is 29.8 Å². The second-order valence-corrected chi connectivity index (χ2v) is 7.35. The van der Waals surface area contributed by atoms with Crippen LogP contribution in [-0.2, 0) is 32.6 Å². The van der Waals surface area contributed by atoms with E-state index in [0.717, 1.165) is 28.2 Å². The van der Waals surface area contributed by atoms with Crippen molar-refractivity contribution >= 4 is 0 Å². The van der Waals surface area contributed by atoms with Gasteiger partial charge in [-0.25, -0.2) is 0 Å². The molecule has 3 heterocycles. The molecule has 0 fully saturated rings. The number of nitrogens with zero attached hydrogens (tertiary/aromatic N) is 3. The van der Waals surface area contributed by atoms with E-state index in [-0.39, 0.29) is 25.5 Å². The first-order valence-electron chi connectivity index (χ1n) is 9.20. The molecule has 0 spiro atoms. The number of rotatable bonds is 1. The molecule has 5 rings (SSSR count). The summed E-state index contributed by atoms with van der Waals surface area (Å²) in [5.41, 5.74) is 5.11. The molecule has 0 unspecified atom stereocenters. The third-order valence-electron chi connectivity index (χ3n) is 5.02. The van der Waals surface area contributed by atoms with Crippen LogP contribution in [0.1, 0.15) is 25.1 Å². The molecule has 2 aromatic heterocycles. The predicted molar refractivity (Wildman–Crippen MR) is 108 cm³/mol. The van der Waals surface area contributed by atoms with Crippen molar-refractivity contribution in [1.29, 1.82) is 0 Å². The van der Waals surface area contributed by atoms with Gasteiger partial charge in [0.15, 0.2) is 0 Å². The smallest absolute Gasteiger partial charge is 0.243 e. The van der Waals surface area contributed by atoms with Gasteiger partial charge in [-0.1, -0.05) is 38.1 Å². The quantitative estimate of drug-likeness (QED) is 0.283. The molecule has 1 aliphatic heterocycles. The zero-order valence-electron chi connectivity index (χ0n) is 16.6. The first-order valence-corrected chi connectivity index (χ1v) is 9.20. The second-order valence-electron chi connectivity index (χ2n) is 7.35. The number of benzene rings is 2. The number of aryl methyl sites for hydroxylation is 1. The molecule has 4 nitrogen and oxygen atoms in total. The number of imidazole rings is 1. The molecule has 0 saturated carbocycles. The fraction of sp³-hybridized carbons (Fsp3) is 0.167. The number of pyridine rings is 1. The summed E-state index contributed by atoms with van der Waals surface area (Å²) in [6.07, 6.45) is 7.03. The first kappa shape index (κ1) is 21.0. The summed E-state index contributed by atoms with van der Waals surface area (Å²) < 4.78 is 3.84. The Labute approximate surface area is 184 Å². The number of phenolic OH excluding ortho intramolecular Hbond substituents is 1. The topological polar surface area (TPSA) is 41.9 Å². The van der Waals surface area contributed by atoms with E-state index in [2.05, 4.69) is 43.5 Å². The van der Waals surface area contributed by atoms with Gasteiger partial charge in [-0.2, -0.15) is 0 Å². The molecule has 0 aliphatic carbocycles. The minimum absolute atomic E-state index is 0. The van der Waals surface area contributed by atoms with Crippen LogP contribution in [-0.4, -0.2) is 14.7 Å². The number of fused-ring (bicyclic) bond motifs is 3. The van der Waals surface area contributed by atoms with Crippen molar-refractivity contribution in [3.05, 3.63) is 96.7 Å². The fourth-order valence-electron chi connectivity index (χ4n) is 3.58. The van der Waals surface area contributed by atoms with E-state index in [0.29, 0.717) is 5.75 Å². The summed E-state index contributed by atoms with van der Waals surface area (Å²) in [7, 11) is 1.95. The van der Waals surface area contributed by atoms with Crippen molar-refractivity contribution in [2.75, 3.05) is 0 Å². The van der Waals surface area contributed by atoms with Crippen LogP contribution in [0.3, 0.4) is 0 Å². The number of para-hydroxylation sites is 1. The van der Waals surface area contributed by atoms with Crippen LogP contribution in [0, 0.1) is 12.4 Å². The number of hydrogen-bond donors (Lipinski definition) is 1. The SMILES string of the molecule is C[n+]1[c-]n2c(c1)C(C)(C)c1cccc(O)c1-2.[Ir].[c-]1ccccc1-c1ccccn1. The van der Waals surface area contributed by atoms with Gasteiger partial charge in [-0.05, 0) is 23.4 Å². The van der Waals surface area contributed by atoms with E-state index in [4.69, 9.17) is 0 Å². The molecule has 0 atom stereocenters. The zero-order valence-corrected chi connectivity index (χ0v) is 18.9. The van der Waals surface area contributed by atoms with Crippen molar-refractivity contribution in [2.24, 2.45) is 7.05 Å². The monoisotopic (exact) mass is 561 g/mol. The molecule has 1 aliphatic rings. The maximum absolute atomic E-state index is 9.97. The van der Waals surface area contributed by atoms with Crippen molar-refractivity contribution in [3.8, 4) is 22.7 Å². The molecule has 5 heteroatoms. The predicted octanol–water partition coefficient (Wildman–Crippen LogP) is 3.99. The van der Waals surface area contributed by atoms with Crippen molar-refractivity contribution in [3.63, 3.8) is 0 Å². The number of aromatic nitrogens is 3. The van der Waals surface area contributed by atoms with Crippen LogP contribution in [0.15, 0.2) is 73.1 Å². The van der Waals surface area contributed by atoms with Gasteiger partial charge in [0.05, 0.1) is 12.7 Å². The van der Waals surface area contributed by atoms with Gasteiger partial charge in [0.1, 0.15) is 5.75 Å². The average Bonchev–Trinajstić information content (AvgIpc) is 3.20. The van der Waals surface area contributed by atoms with Crippen LogP contribution < -0.4 is 4.57 Å². The molecular formula is C24H22IrN3O-. The van der Waals surface area contributed by atoms with E-state index in [1.807, 2.05) is 64.7 Å². The van der Waals surface area contributed by atoms with E-state index in [1.54, 1.807) is 12.3 Å². The molecule has 2 aromatic carbocycles. The van der Waals surface area contributed by atoms with Crippen molar-refractivity contribution in [1.82, 2.24) is 9.55 Å². The Kier molecular flexibility index (Phi) is 6.01. The molecule has 1 radical (unpaired) electrons. The molecule has 0 bridgehead atoms. The molecule has 29 heavy (non-hydrogen) atoms. The molecule has 0 amide bonds. The van der Waals surface area contributed by atoms with Crippen LogP contribution in [0.5, 0.6) is 5.75 Å². The standard InChI is InChI=1S/C13H14N2O.C11H8N.Ir/c1-13(2)9-5-4-6-10(16)12(9)15-8-14(3)7-11(13)15;1-2-6-10(7-3-1)11-8-4-5-9-12-11;/h4-7,16H,1-3H3;1-6,8-9H;/q;-1;. The maximum Gasteiger partial charge on any atom is 0.243 e. The molecule has 0 saturated heterocycles. The second kappa shape index (κ2) is 8.32. The summed E-state index contributed by atoms with van der Waals surface area (Å²) in [6, 6.07) is 22.5. The summed E-state index contributed by atoms with van der Waals surface area (Å²) in [5.74, 6) is 0.316. The van der Waals surface area contributed by atoms with Gasteiger partial charge in [-0.15, -0.1) is 35.9 Å². The molecule has 1 N–H and O–H groups in total. The third kappa shape index (κ3) is 3.89. The Hall–Kier alpha value is -2.75. The Morgan fingerprint density at radius 1 is 1.03 bits per heavy atom. The summed E-state index contributed by atoms with van der Waals surface area (Å²) in [6.45, 7) is 4.33. The Bertz CT molecular complexity index is 1070. The van der Waals surface area contributed by atoms with Gasteiger partial charge in [-0.3, -0.25) is 0 Å². The van der Waals surface area contributed by atoms with Gasteiger partial charge in [0.25, 0.3) is 0 Å². The maximum atomic E-state index is 9.97. The van der Waals surface area contributed by atoms with Gasteiger partial charge in [0.2, 0.25) is 6.33 Å². The molecule has 149 valence electrons. The normalized spacial score (nSPS) is 12.8. The molecule has 4 aromatic rings. The fourth-order valence-corrected chi connectivity index (χ4v) is 3.58. The summed E-state index contributed by atoms with van der Waals surface area (Å²) in [4.78, 5) is 4.22. The largest absolute Gasteiger partial charge is 0.513 e. The van der Waals surface area contributed by atoms with Crippen LogP contribution >= 0.6 is 0 Å². The van der Waals surface area contributed by atoms with E-state index >= 15 is 0 Å². The zero-order chi connectivity index (χ0) is 19.7. The van der Waals surface area contributed by atoms with E-state index in [9.17, 15) is 5.11 Å². The minimum atomic E-state index is -0.0775. The number of hydrogen-bond acceptors (Lipinski definition) is 2. The first-order chi connectivity index (χ1) is 13.5. The van der Waals surface area contributed by atoms with E-state index < -0.39 is 0 Å². The van der Waals surface area contributed by atoms with Crippen LogP contribution in [0.4, 0.5) is 0 Å². The number of phenols is 1. The molecular weight excluding hydrogens is 539 g/mol. The van der Waals surface area contributed by atoms with Gasteiger partial charge < -0.3 is 19.2 Å². The Morgan fingerprint density at radius 3 is 2.52 bits per heavy atom. The van der Waals surface area contributed by atoms with Gasteiger partial charge in [0, 0.05) is 43.6 Å². The summed E-state index contributed by atoms with van der Waals surface area (Å²) in [5, 5.41) is 9.97. The van der Waals surface area contributed by atoms with E-state index in [1.165, 1.54) is 0 Å². The summed E-state index contributed by atoms with van der Waals surface area (Å²) >= 11 is 0. The third-order valence-corrected chi connectivity index (χ3v) is 5.02. The van der Waals surface area contributed by atoms with Crippen molar-refractivity contribution in [2.45, 2.75) is 19.3 Å². The van der Waals surface area contributed by atoms with Crippen LogP contribution in [0.2, 0.25) is 0 Å². The minimum Gasteiger partial charge on any atom is -0.513 e. The Balaban J connectivity index is 0.000000167. The Morgan fingerprint density at radius 2 is 1.83 bits per heavy atom. The van der Waals surface area contributed by atoms with Crippen LogP contribution in [0.25, 0.3) is 16.9 Å².